The third-order valence-corrected chi connectivity index (χ3v) is 2.07. The van der Waals surface area contributed by atoms with Gasteiger partial charge in [-0.25, -0.2) is 0 Å². The first-order valence-corrected chi connectivity index (χ1v) is 5.33. The first kappa shape index (κ1) is 15.0. The number of unbranched alkanes of at least 4 members (excludes halogenated alkanes) is 3. The van der Waals surface area contributed by atoms with Gasteiger partial charge in [-0.15, -0.1) is 11.6 Å². The summed E-state index contributed by atoms with van der Waals surface area (Å²) in [6.45, 7) is 4.74. The van der Waals surface area contributed by atoms with E-state index in [4.69, 9.17) is 11.6 Å². The van der Waals surface area contributed by atoms with Crippen LogP contribution >= 0.6 is 11.6 Å². The molecule has 0 spiro atoms. The van der Waals surface area contributed by atoms with Gasteiger partial charge in [0.25, 0.3) is 0 Å². The van der Waals surface area contributed by atoms with E-state index in [1.54, 1.807) is 0 Å². The highest BCUT2D eigenvalue weighted by Crippen LogP contribution is 1.95. The minimum atomic E-state index is 0. The molecule has 0 bridgehead atoms. The predicted molar refractivity (Wildman–Crippen MR) is 51.1 cm³/mol. The molecule has 2 N–H and O–H groups in total. The first-order valence-electron chi connectivity index (χ1n) is 4.79. The maximum atomic E-state index is 5.54. The van der Waals surface area contributed by atoms with E-state index < -0.39 is 0 Å². The van der Waals surface area contributed by atoms with E-state index in [0.29, 0.717) is 0 Å². The molecular weight excluding hydrogens is 193 g/mol. The number of alkyl halides is 1. The molecule has 0 aromatic heterocycles. The highest BCUT2D eigenvalue weighted by Gasteiger charge is 1.90. The molecule has 0 aliphatic rings. The molecule has 0 radical (unpaired) electrons. The fourth-order valence-corrected chi connectivity index (χ4v) is 1.24. The summed E-state index contributed by atoms with van der Waals surface area (Å²) in [5.74, 6) is 0.811. The van der Waals surface area contributed by atoms with Gasteiger partial charge in [0, 0.05) is 12.3 Å². The van der Waals surface area contributed by atoms with Gasteiger partial charge in [-0.3, -0.25) is 0 Å². The second-order valence-electron chi connectivity index (χ2n) is 2.97. The van der Waals surface area contributed by atoms with Crippen molar-refractivity contribution in [3.05, 3.63) is 0 Å². The molecule has 76 valence electrons. The fourth-order valence-electron chi connectivity index (χ4n) is 1.08. The summed E-state index contributed by atoms with van der Waals surface area (Å²) in [6, 6.07) is 0. The van der Waals surface area contributed by atoms with Gasteiger partial charge in [0.05, 0.1) is 13.1 Å². The van der Waals surface area contributed by atoms with Crippen LogP contribution in [0.1, 0.15) is 39.0 Å². The molecule has 0 unspecified atom stereocenters. The van der Waals surface area contributed by atoms with Crippen LogP contribution in [-0.4, -0.2) is 19.0 Å². The Morgan fingerprint density at radius 1 is 1.00 bits per heavy atom. The van der Waals surface area contributed by atoms with Gasteiger partial charge in [-0.05, 0) is 12.8 Å². The molecule has 0 heterocycles. The van der Waals surface area contributed by atoms with Crippen LogP contribution in [0.2, 0.25) is 0 Å². The SMILES string of the molecule is CCCCCC[NH2+]CCCCl.[Cl-]. The van der Waals surface area contributed by atoms with Gasteiger partial charge in [-0.2, -0.15) is 0 Å². The normalized spacial score (nSPS) is 9.50. The van der Waals surface area contributed by atoms with Crippen molar-refractivity contribution in [2.45, 2.75) is 39.0 Å². The van der Waals surface area contributed by atoms with Crippen LogP contribution in [-0.2, 0) is 0 Å². The molecule has 0 aliphatic heterocycles. The molecule has 0 amide bonds. The molecule has 3 heteroatoms. The smallest absolute Gasteiger partial charge is 0.0766 e. The molecular formula is C9H21Cl2N. The molecule has 0 saturated carbocycles. The van der Waals surface area contributed by atoms with E-state index in [9.17, 15) is 0 Å². The molecule has 0 aromatic rings. The van der Waals surface area contributed by atoms with E-state index in [1.807, 2.05) is 0 Å². The Morgan fingerprint density at radius 3 is 2.25 bits per heavy atom. The Balaban J connectivity index is 0. The van der Waals surface area contributed by atoms with Gasteiger partial charge in [0.1, 0.15) is 0 Å². The zero-order chi connectivity index (χ0) is 8.36. The second-order valence-corrected chi connectivity index (χ2v) is 3.35. The third-order valence-electron chi connectivity index (χ3n) is 1.80. The molecule has 0 aromatic carbocycles. The number of nitrogens with two attached hydrogens (primary N) is 1. The molecule has 0 saturated heterocycles. The van der Waals surface area contributed by atoms with Crippen molar-refractivity contribution < 1.29 is 17.7 Å². The summed E-state index contributed by atoms with van der Waals surface area (Å²) in [7, 11) is 0. The predicted octanol–water partition coefficient (Wildman–Crippen LogP) is -1.24. The standard InChI is InChI=1S/C9H20ClN.ClH/c1-2-3-4-5-8-11-9-6-7-10;/h11H,2-9H2,1H3;1H. The highest BCUT2D eigenvalue weighted by atomic mass is 35.5. The number of rotatable bonds is 8. The van der Waals surface area contributed by atoms with Crippen molar-refractivity contribution in [3.8, 4) is 0 Å². The van der Waals surface area contributed by atoms with E-state index in [0.717, 1.165) is 12.3 Å². The largest absolute Gasteiger partial charge is 1.00 e. The van der Waals surface area contributed by atoms with Crippen molar-refractivity contribution in [3.63, 3.8) is 0 Å². The van der Waals surface area contributed by atoms with Gasteiger partial charge in [0.2, 0.25) is 0 Å². The zero-order valence-electron chi connectivity index (χ0n) is 7.99. The maximum absolute atomic E-state index is 5.54. The van der Waals surface area contributed by atoms with E-state index in [2.05, 4.69) is 12.2 Å². The Hall–Kier alpha value is 0.540. The lowest BCUT2D eigenvalue weighted by Gasteiger charge is -1.99. The topological polar surface area (TPSA) is 16.6 Å². The van der Waals surface area contributed by atoms with Gasteiger partial charge in [-0.1, -0.05) is 19.8 Å². The first-order chi connectivity index (χ1) is 5.41. The highest BCUT2D eigenvalue weighted by molar-refractivity contribution is 6.17. The molecule has 0 aliphatic carbocycles. The summed E-state index contributed by atoms with van der Waals surface area (Å²) >= 11 is 5.54. The Kier molecular flexibility index (Phi) is 17.6. The maximum Gasteiger partial charge on any atom is 0.0766 e. The van der Waals surface area contributed by atoms with Crippen LogP contribution in [0.15, 0.2) is 0 Å². The summed E-state index contributed by atoms with van der Waals surface area (Å²) < 4.78 is 0. The quantitative estimate of drug-likeness (QED) is 0.384. The van der Waals surface area contributed by atoms with Crippen LogP contribution < -0.4 is 17.7 Å². The second kappa shape index (κ2) is 14.1. The summed E-state index contributed by atoms with van der Waals surface area (Å²) in [5.41, 5.74) is 0. The number of hydrogen-bond donors (Lipinski definition) is 1. The summed E-state index contributed by atoms with van der Waals surface area (Å²) in [6.07, 6.45) is 6.64. The Labute approximate surface area is 87.7 Å². The Bertz CT molecular complexity index is 61.5. The van der Waals surface area contributed by atoms with Crippen LogP contribution in [0.5, 0.6) is 0 Å². The van der Waals surface area contributed by atoms with Crippen molar-refractivity contribution in [2.24, 2.45) is 0 Å². The van der Waals surface area contributed by atoms with Crippen molar-refractivity contribution in [2.75, 3.05) is 19.0 Å². The summed E-state index contributed by atoms with van der Waals surface area (Å²) in [5, 5.41) is 2.37. The van der Waals surface area contributed by atoms with E-state index >= 15 is 0 Å². The average molecular weight is 214 g/mol. The van der Waals surface area contributed by atoms with Crippen molar-refractivity contribution in [1.29, 1.82) is 0 Å². The van der Waals surface area contributed by atoms with E-state index in [-0.39, 0.29) is 12.4 Å². The minimum absolute atomic E-state index is 0. The zero-order valence-corrected chi connectivity index (χ0v) is 9.50. The van der Waals surface area contributed by atoms with Gasteiger partial charge in [0.15, 0.2) is 0 Å². The molecule has 0 fully saturated rings. The van der Waals surface area contributed by atoms with Crippen LogP contribution in [0.3, 0.4) is 0 Å². The average Bonchev–Trinajstić information content (AvgIpc) is 2.03. The third kappa shape index (κ3) is 13.2. The lowest BCUT2D eigenvalue weighted by atomic mass is 10.2. The molecule has 0 atom stereocenters. The number of hydrogen-bond acceptors (Lipinski definition) is 0. The number of halogens is 2. The van der Waals surface area contributed by atoms with Crippen molar-refractivity contribution in [1.82, 2.24) is 0 Å². The fraction of sp³-hybridized carbons (Fsp3) is 1.00. The molecule has 1 nitrogen and oxygen atoms in total. The molecule has 0 rings (SSSR count). The minimum Gasteiger partial charge on any atom is -1.00 e. The van der Waals surface area contributed by atoms with Crippen molar-refractivity contribution >= 4 is 11.6 Å². The summed E-state index contributed by atoms with van der Waals surface area (Å²) in [4.78, 5) is 0. The Morgan fingerprint density at radius 2 is 1.67 bits per heavy atom. The lowest BCUT2D eigenvalue weighted by Crippen LogP contribution is -3.00. The monoisotopic (exact) mass is 213 g/mol. The number of quaternary nitrogens is 1. The van der Waals surface area contributed by atoms with Gasteiger partial charge >= 0.3 is 0 Å². The molecule has 12 heavy (non-hydrogen) atoms. The van der Waals surface area contributed by atoms with Gasteiger partial charge < -0.3 is 17.7 Å². The van der Waals surface area contributed by atoms with Crippen LogP contribution in [0, 0.1) is 0 Å². The lowest BCUT2D eigenvalue weighted by molar-refractivity contribution is -0.654. The van der Waals surface area contributed by atoms with E-state index in [1.165, 1.54) is 38.8 Å². The van der Waals surface area contributed by atoms with Crippen LogP contribution in [0.25, 0.3) is 0 Å². The van der Waals surface area contributed by atoms with Crippen LogP contribution in [0.4, 0.5) is 0 Å².